The molecule has 94 valence electrons. The highest BCUT2D eigenvalue weighted by atomic mass is 16.2. The van der Waals surface area contributed by atoms with Crippen LogP contribution in [0.25, 0.3) is 10.9 Å². The zero-order chi connectivity index (χ0) is 13.1. The zero-order valence-corrected chi connectivity index (χ0v) is 10.7. The summed E-state index contributed by atoms with van der Waals surface area (Å²) in [6.45, 7) is 4.02. The molecule has 0 bridgehead atoms. The standard InChI is InChI=1S/C15H17NO2/c1-3-11(4-2)15(18)16-9-12(10-17)13-7-5-6-8-14(13)16/h5-11H,3-4H2,1-2H3. The lowest BCUT2D eigenvalue weighted by Gasteiger charge is -2.12. The van der Waals surface area contributed by atoms with Crippen molar-refractivity contribution in [2.75, 3.05) is 0 Å². The Kier molecular flexibility index (Phi) is 3.60. The minimum absolute atomic E-state index is 0.0142. The molecule has 0 saturated heterocycles. The van der Waals surface area contributed by atoms with E-state index in [4.69, 9.17) is 0 Å². The molecule has 2 rings (SSSR count). The van der Waals surface area contributed by atoms with Crippen molar-refractivity contribution in [3.05, 3.63) is 36.0 Å². The zero-order valence-electron chi connectivity index (χ0n) is 10.7. The second-order valence-corrected chi connectivity index (χ2v) is 4.44. The maximum atomic E-state index is 12.4. The van der Waals surface area contributed by atoms with Crippen LogP contribution in [0.5, 0.6) is 0 Å². The molecule has 3 heteroatoms. The summed E-state index contributed by atoms with van der Waals surface area (Å²) < 4.78 is 1.62. The molecule has 0 aliphatic rings. The molecule has 0 amide bonds. The van der Waals surface area contributed by atoms with Crippen molar-refractivity contribution in [2.45, 2.75) is 26.7 Å². The Labute approximate surface area is 106 Å². The molecule has 0 aliphatic carbocycles. The lowest BCUT2D eigenvalue weighted by atomic mass is 10.0. The van der Waals surface area contributed by atoms with Gasteiger partial charge in [0, 0.05) is 23.1 Å². The van der Waals surface area contributed by atoms with Gasteiger partial charge in [-0.2, -0.15) is 0 Å². The number of carbonyl (C=O) groups is 2. The van der Waals surface area contributed by atoms with Crippen molar-refractivity contribution in [3.8, 4) is 0 Å². The number of hydrogen-bond acceptors (Lipinski definition) is 2. The Morgan fingerprint density at radius 2 is 1.94 bits per heavy atom. The van der Waals surface area contributed by atoms with Crippen LogP contribution in [-0.2, 0) is 0 Å². The lowest BCUT2D eigenvalue weighted by molar-refractivity contribution is 0.0832. The van der Waals surface area contributed by atoms with Crippen LogP contribution in [0.4, 0.5) is 0 Å². The summed E-state index contributed by atoms with van der Waals surface area (Å²) in [6.07, 6.45) is 4.09. The third-order valence-electron chi connectivity index (χ3n) is 3.44. The topological polar surface area (TPSA) is 39.1 Å². The molecule has 0 saturated carbocycles. The second kappa shape index (κ2) is 5.17. The van der Waals surface area contributed by atoms with Crippen LogP contribution in [0.15, 0.2) is 30.5 Å². The van der Waals surface area contributed by atoms with E-state index in [1.165, 1.54) is 0 Å². The van der Waals surface area contributed by atoms with Gasteiger partial charge in [-0.3, -0.25) is 14.2 Å². The van der Waals surface area contributed by atoms with Gasteiger partial charge in [-0.25, -0.2) is 0 Å². The highest BCUT2D eigenvalue weighted by Crippen LogP contribution is 2.22. The van der Waals surface area contributed by atoms with Gasteiger partial charge in [0.1, 0.15) is 0 Å². The summed E-state index contributed by atoms with van der Waals surface area (Å²) in [6, 6.07) is 7.51. The van der Waals surface area contributed by atoms with E-state index in [1.807, 2.05) is 38.1 Å². The third-order valence-corrected chi connectivity index (χ3v) is 3.44. The first kappa shape index (κ1) is 12.6. The first-order chi connectivity index (χ1) is 8.72. The summed E-state index contributed by atoms with van der Waals surface area (Å²) in [4.78, 5) is 23.4. The molecule has 1 aromatic heterocycles. The van der Waals surface area contributed by atoms with E-state index in [1.54, 1.807) is 10.8 Å². The van der Waals surface area contributed by atoms with E-state index < -0.39 is 0 Å². The minimum atomic E-state index is 0.0142. The average Bonchev–Trinajstić information content (AvgIpc) is 2.78. The van der Waals surface area contributed by atoms with Crippen LogP contribution < -0.4 is 0 Å². The van der Waals surface area contributed by atoms with Gasteiger partial charge in [-0.1, -0.05) is 32.0 Å². The fourth-order valence-electron chi connectivity index (χ4n) is 2.32. The van der Waals surface area contributed by atoms with Crippen molar-refractivity contribution in [2.24, 2.45) is 5.92 Å². The van der Waals surface area contributed by atoms with Gasteiger partial charge in [-0.05, 0) is 18.9 Å². The van der Waals surface area contributed by atoms with Crippen LogP contribution in [0.3, 0.4) is 0 Å². The smallest absolute Gasteiger partial charge is 0.234 e. The summed E-state index contributed by atoms with van der Waals surface area (Å²) in [5, 5.41) is 0.840. The summed E-state index contributed by atoms with van der Waals surface area (Å²) in [5.41, 5.74) is 1.39. The number of fused-ring (bicyclic) bond motifs is 1. The summed E-state index contributed by atoms with van der Waals surface area (Å²) >= 11 is 0. The second-order valence-electron chi connectivity index (χ2n) is 4.44. The van der Waals surface area contributed by atoms with E-state index in [0.717, 1.165) is 30.0 Å². The molecule has 0 N–H and O–H groups in total. The molecular formula is C15H17NO2. The van der Waals surface area contributed by atoms with Crippen molar-refractivity contribution in [1.82, 2.24) is 4.57 Å². The minimum Gasteiger partial charge on any atom is -0.298 e. The SMILES string of the molecule is CCC(CC)C(=O)n1cc(C=O)c2ccccc21. The predicted molar refractivity (Wildman–Crippen MR) is 72.0 cm³/mol. The Morgan fingerprint density at radius 3 is 2.56 bits per heavy atom. The van der Waals surface area contributed by atoms with Gasteiger partial charge >= 0.3 is 0 Å². The highest BCUT2D eigenvalue weighted by Gasteiger charge is 2.19. The molecule has 1 heterocycles. The average molecular weight is 243 g/mol. The Balaban J connectivity index is 2.57. The van der Waals surface area contributed by atoms with Crippen LogP contribution in [0.1, 0.15) is 41.8 Å². The first-order valence-electron chi connectivity index (χ1n) is 6.32. The van der Waals surface area contributed by atoms with Gasteiger partial charge in [0.05, 0.1) is 5.52 Å². The van der Waals surface area contributed by atoms with Gasteiger partial charge < -0.3 is 0 Å². The van der Waals surface area contributed by atoms with Crippen molar-refractivity contribution in [3.63, 3.8) is 0 Å². The van der Waals surface area contributed by atoms with Crippen LogP contribution >= 0.6 is 0 Å². The Hall–Kier alpha value is -1.90. The maximum Gasteiger partial charge on any atom is 0.234 e. The molecule has 0 radical (unpaired) electrons. The molecule has 0 unspecified atom stereocenters. The molecular weight excluding hydrogens is 226 g/mol. The van der Waals surface area contributed by atoms with Gasteiger partial charge in [-0.15, -0.1) is 0 Å². The van der Waals surface area contributed by atoms with E-state index in [2.05, 4.69) is 0 Å². The molecule has 18 heavy (non-hydrogen) atoms. The van der Waals surface area contributed by atoms with E-state index >= 15 is 0 Å². The molecule has 0 spiro atoms. The Morgan fingerprint density at radius 1 is 1.28 bits per heavy atom. The first-order valence-corrected chi connectivity index (χ1v) is 6.32. The van der Waals surface area contributed by atoms with Crippen molar-refractivity contribution >= 4 is 23.1 Å². The highest BCUT2D eigenvalue weighted by molar-refractivity contribution is 6.02. The molecule has 1 aromatic carbocycles. The third kappa shape index (κ3) is 1.96. The Bertz CT molecular complexity index is 579. The molecule has 0 fully saturated rings. The molecule has 3 nitrogen and oxygen atoms in total. The number of hydrogen-bond donors (Lipinski definition) is 0. The number of para-hydroxylation sites is 1. The van der Waals surface area contributed by atoms with Gasteiger partial charge in [0.2, 0.25) is 5.91 Å². The number of aldehydes is 1. The quantitative estimate of drug-likeness (QED) is 0.770. The fraction of sp³-hybridized carbons (Fsp3) is 0.333. The maximum absolute atomic E-state index is 12.4. The number of nitrogens with zero attached hydrogens (tertiary/aromatic N) is 1. The van der Waals surface area contributed by atoms with E-state index in [0.29, 0.717) is 5.56 Å². The molecule has 2 aromatic rings. The molecule has 0 aliphatic heterocycles. The number of benzene rings is 1. The van der Waals surface area contributed by atoms with Crippen LogP contribution in [-0.4, -0.2) is 16.8 Å². The predicted octanol–water partition coefficient (Wildman–Crippen LogP) is 3.53. The van der Waals surface area contributed by atoms with E-state index in [-0.39, 0.29) is 11.8 Å². The van der Waals surface area contributed by atoms with Gasteiger partial charge in [0.25, 0.3) is 0 Å². The number of carbonyl (C=O) groups excluding carboxylic acids is 2. The van der Waals surface area contributed by atoms with Crippen molar-refractivity contribution < 1.29 is 9.59 Å². The lowest BCUT2D eigenvalue weighted by Crippen LogP contribution is -2.19. The number of aromatic nitrogens is 1. The monoisotopic (exact) mass is 243 g/mol. The van der Waals surface area contributed by atoms with Gasteiger partial charge in [0.15, 0.2) is 6.29 Å². The van der Waals surface area contributed by atoms with Crippen LogP contribution in [0.2, 0.25) is 0 Å². The summed E-state index contributed by atoms with van der Waals surface area (Å²) in [7, 11) is 0. The van der Waals surface area contributed by atoms with E-state index in [9.17, 15) is 9.59 Å². The van der Waals surface area contributed by atoms with Crippen LogP contribution in [0, 0.1) is 5.92 Å². The largest absolute Gasteiger partial charge is 0.298 e. The molecule has 0 atom stereocenters. The summed E-state index contributed by atoms with van der Waals surface area (Å²) in [5.74, 6) is 0.0876. The van der Waals surface area contributed by atoms with Crippen molar-refractivity contribution in [1.29, 1.82) is 0 Å². The fourth-order valence-corrected chi connectivity index (χ4v) is 2.32. The number of rotatable bonds is 4. The normalized spacial score (nSPS) is 11.1.